The number of hydrogen-bond acceptors (Lipinski definition) is 1. The highest BCUT2D eigenvalue weighted by Crippen LogP contribution is 2.61. The molecule has 0 N–H and O–H groups in total. The maximum absolute atomic E-state index is 5.22. The van der Waals surface area contributed by atoms with Crippen LogP contribution in [0.2, 0.25) is 0 Å². The van der Waals surface area contributed by atoms with Crippen molar-refractivity contribution in [1.29, 1.82) is 0 Å². The molecule has 0 heterocycles. The fourth-order valence-electron chi connectivity index (χ4n) is 1.80. The van der Waals surface area contributed by atoms with E-state index in [1.165, 1.54) is 25.7 Å². The lowest BCUT2D eigenvalue weighted by Crippen LogP contribution is -2.17. The molecule has 0 aromatic carbocycles. The van der Waals surface area contributed by atoms with Gasteiger partial charge in [0.25, 0.3) is 0 Å². The first kappa shape index (κ1) is 4.80. The minimum absolute atomic E-state index is 0.649. The zero-order valence-corrected chi connectivity index (χ0v) is 5.31. The summed E-state index contributed by atoms with van der Waals surface area (Å²) in [4.78, 5) is 0. The summed E-state index contributed by atoms with van der Waals surface area (Å²) in [5.74, 6) is 0. The number of rotatable bonds is 1. The molecule has 1 atom stereocenters. The van der Waals surface area contributed by atoms with Gasteiger partial charge in [0.2, 0.25) is 0 Å². The van der Waals surface area contributed by atoms with Crippen LogP contribution in [0.5, 0.6) is 0 Å². The van der Waals surface area contributed by atoms with E-state index in [0.717, 1.165) is 5.41 Å². The van der Waals surface area contributed by atoms with Crippen molar-refractivity contribution < 1.29 is 4.74 Å². The van der Waals surface area contributed by atoms with E-state index in [9.17, 15) is 0 Å². The molecule has 2 aliphatic rings. The average molecular weight is 112 g/mol. The monoisotopic (exact) mass is 112 g/mol. The molecule has 8 heavy (non-hydrogen) atoms. The van der Waals surface area contributed by atoms with Crippen LogP contribution in [0.25, 0.3) is 0 Å². The molecule has 1 nitrogen and oxygen atoms in total. The van der Waals surface area contributed by atoms with Crippen LogP contribution in [-0.2, 0) is 4.74 Å². The Hall–Kier alpha value is -0.0400. The van der Waals surface area contributed by atoms with Gasteiger partial charge in [0.1, 0.15) is 0 Å². The molecule has 2 rings (SSSR count). The van der Waals surface area contributed by atoms with Gasteiger partial charge in [-0.3, -0.25) is 0 Å². The second-order valence-corrected chi connectivity index (χ2v) is 3.14. The molecule has 0 bridgehead atoms. The van der Waals surface area contributed by atoms with Gasteiger partial charge in [-0.25, -0.2) is 0 Å². The van der Waals surface area contributed by atoms with Crippen molar-refractivity contribution in [2.75, 3.05) is 7.11 Å². The van der Waals surface area contributed by atoms with Gasteiger partial charge in [-0.2, -0.15) is 0 Å². The van der Waals surface area contributed by atoms with Gasteiger partial charge in [0.05, 0.1) is 6.10 Å². The molecule has 1 unspecified atom stereocenters. The van der Waals surface area contributed by atoms with Crippen LogP contribution in [0, 0.1) is 5.41 Å². The zero-order valence-electron chi connectivity index (χ0n) is 5.31. The van der Waals surface area contributed by atoms with Gasteiger partial charge in [-0.05, 0) is 24.7 Å². The molecule has 2 aliphatic carbocycles. The van der Waals surface area contributed by atoms with E-state index < -0.39 is 0 Å². The Kier molecular flexibility index (Phi) is 0.762. The fourth-order valence-corrected chi connectivity index (χ4v) is 1.80. The third-order valence-corrected chi connectivity index (χ3v) is 2.75. The normalized spacial score (nSPS) is 39.4. The summed E-state index contributed by atoms with van der Waals surface area (Å²) in [6.45, 7) is 0. The van der Waals surface area contributed by atoms with Gasteiger partial charge in [0.15, 0.2) is 0 Å². The standard InChI is InChI=1S/C7H12O/c1-8-6-5-7(6)3-2-4-7/h6H,2-5H2,1H3. The molecule has 0 aromatic rings. The Morgan fingerprint density at radius 3 is 2.38 bits per heavy atom. The van der Waals surface area contributed by atoms with E-state index in [-0.39, 0.29) is 0 Å². The highest BCUT2D eigenvalue weighted by atomic mass is 16.5. The predicted octanol–water partition coefficient (Wildman–Crippen LogP) is 1.58. The van der Waals surface area contributed by atoms with Gasteiger partial charge >= 0.3 is 0 Å². The predicted molar refractivity (Wildman–Crippen MR) is 31.7 cm³/mol. The molecule has 46 valence electrons. The van der Waals surface area contributed by atoms with Crippen molar-refractivity contribution in [1.82, 2.24) is 0 Å². The van der Waals surface area contributed by atoms with Crippen molar-refractivity contribution in [3.63, 3.8) is 0 Å². The van der Waals surface area contributed by atoms with Crippen LogP contribution in [0.3, 0.4) is 0 Å². The number of methoxy groups -OCH3 is 1. The van der Waals surface area contributed by atoms with Crippen molar-refractivity contribution >= 4 is 0 Å². The Morgan fingerprint density at radius 1 is 1.50 bits per heavy atom. The Morgan fingerprint density at radius 2 is 2.25 bits per heavy atom. The first-order valence-corrected chi connectivity index (χ1v) is 3.40. The second kappa shape index (κ2) is 1.27. The van der Waals surface area contributed by atoms with Crippen molar-refractivity contribution in [2.24, 2.45) is 5.41 Å². The Labute approximate surface area is 50.0 Å². The SMILES string of the molecule is COC1CC12CCC2. The molecule has 1 heteroatoms. The van der Waals surface area contributed by atoms with Crippen molar-refractivity contribution in [3.8, 4) is 0 Å². The molecular formula is C7H12O. The number of hydrogen-bond donors (Lipinski definition) is 0. The lowest BCUT2D eigenvalue weighted by atomic mass is 9.81. The molecule has 2 saturated carbocycles. The summed E-state index contributed by atoms with van der Waals surface area (Å²) >= 11 is 0. The highest BCUT2D eigenvalue weighted by Gasteiger charge is 2.58. The smallest absolute Gasteiger partial charge is 0.0634 e. The molecular weight excluding hydrogens is 100 g/mol. The Bertz CT molecular complexity index is 105. The van der Waals surface area contributed by atoms with Gasteiger partial charge in [-0.1, -0.05) is 6.42 Å². The maximum atomic E-state index is 5.22. The molecule has 0 radical (unpaired) electrons. The summed E-state index contributed by atoms with van der Waals surface area (Å²) in [6, 6.07) is 0. The van der Waals surface area contributed by atoms with Crippen molar-refractivity contribution in [2.45, 2.75) is 31.8 Å². The van der Waals surface area contributed by atoms with Crippen LogP contribution in [0.1, 0.15) is 25.7 Å². The van der Waals surface area contributed by atoms with E-state index in [2.05, 4.69) is 0 Å². The lowest BCUT2D eigenvalue weighted by Gasteiger charge is -2.25. The minimum Gasteiger partial charge on any atom is -0.381 e. The first-order chi connectivity index (χ1) is 3.87. The van der Waals surface area contributed by atoms with E-state index in [1.807, 2.05) is 7.11 Å². The van der Waals surface area contributed by atoms with Crippen LogP contribution < -0.4 is 0 Å². The summed E-state index contributed by atoms with van der Waals surface area (Å²) in [7, 11) is 1.83. The average Bonchev–Trinajstić information content (AvgIpc) is 2.36. The van der Waals surface area contributed by atoms with Crippen molar-refractivity contribution in [3.05, 3.63) is 0 Å². The minimum atomic E-state index is 0.649. The molecule has 0 amide bonds. The van der Waals surface area contributed by atoms with Crippen LogP contribution in [0.15, 0.2) is 0 Å². The summed E-state index contributed by atoms with van der Waals surface area (Å²) in [5, 5.41) is 0. The summed E-state index contributed by atoms with van der Waals surface area (Å²) in [5.41, 5.74) is 0.717. The molecule has 1 spiro atoms. The van der Waals surface area contributed by atoms with Crippen LogP contribution >= 0.6 is 0 Å². The molecule has 0 aliphatic heterocycles. The molecule has 2 fully saturated rings. The fraction of sp³-hybridized carbons (Fsp3) is 1.00. The third kappa shape index (κ3) is 0.408. The summed E-state index contributed by atoms with van der Waals surface area (Å²) < 4.78 is 5.22. The van der Waals surface area contributed by atoms with E-state index >= 15 is 0 Å². The van der Waals surface area contributed by atoms with Gasteiger partial charge < -0.3 is 4.74 Å². The topological polar surface area (TPSA) is 9.23 Å². The second-order valence-electron chi connectivity index (χ2n) is 3.14. The third-order valence-electron chi connectivity index (χ3n) is 2.75. The van der Waals surface area contributed by atoms with Crippen LogP contribution in [0.4, 0.5) is 0 Å². The van der Waals surface area contributed by atoms with Gasteiger partial charge in [0, 0.05) is 7.11 Å². The zero-order chi connectivity index (χ0) is 5.61. The van der Waals surface area contributed by atoms with Gasteiger partial charge in [-0.15, -0.1) is 0 Å². The van der Waals surface area contributed by atoms with E-state index in [4.69, 9.17) is 4.74 Å². The van der Waals surface area contributed by atoms with E-state index in [0.29, 0.717) is 6.10 Å². The number of ether oxygens (including phenoxy) is 1. The van der Waals surface area contributed by atoms with Crippen LogP contribution in [-0.4, -0.2) is 13.2 Å². The Balaban J connectivity index is 1.93. The molecule has 0 saturated heterocycles. The highest BCUT2D eigenvalue weighted by molar-refractivity contribution is 5.08. The quantitative estimate of drug-likeness (QED) is 0.500. The largest absolute Gasteiger partial charge is 0.381 e. The lowest BCUT2D eigenvalue weighted by molar-refractivity contribution is 0.108. The van der Waals surface area contributed by atoms with E-state index in [1.54, 1.807) is 0 Å². The maximum Gasteiger partial charge on any atom is 0.0634 e. The first-order valence-electron chi connectivity index (χ1n) is 3.40. The molecule has 0 aromatic heterocycles. The summed E-state index contributed by atoms with van der Waals surface area (Å²) in [6.07, 6.45) is 6.32.